The van der Waals surface area contributed by atoms with Gasteiger partial charge in [-0.3, -0.25) is 9.59 Å². The Morgan fingerprint density at radius 1 is 1.17 bits per heavy atom. The van der Waals surface area contributed by atoms with Crippen LogP contribution in [0.25, 0.3) is 10.9 Å². The van der Waals surface area contributed by atoms with Crippen molar-refractivity contribution in [3.8, 4) is 5.75 Å². The van der Waals surface area contributed by atoms with E-state index in [-0.39, 0.29) is 24.4 Å². The van der Waals surface area contributed by atoms with E-state index in [1.54, 1.807) is 7.11 Å². The first kappa shape index (κ1) is 20.0. The minimum absolute atomic E-state index is 0.00439. The summed E-state index contributed by atoms with van der Waals surface area (Å²) in [5.41, 5.74) is 6.61. The van der Waals surface area contributed by atoms with Crippen LogP contribution in [0.5, 0.6) is 5.75 Å². The molecule has 1 atom stereocenters. The summed E-state index contributed by atoms with van der Waals surface area (Å²) in [6.07, 6.45) is 0.774. The number of amides is 2. The molecule has 1 unspecified atom stereocenters. The largest absolute Gasteiger partial charge is 0.496 e. The lowest BCUT2D eigenvalue weighted by atomic mass is 9.88. The molecule has 2 N–H and O–H groups in total. The third kappa shape index (κ3) is 3.32. The van der Waals surface area contributed by atoms with E-state index in [1.165, 1.54) is 17.9 Å². The molecule has 2 heterocycles. The molecule has 30 heavy (non-hydrogen) atoms. The molecule has 3 aromatic rings. The van der Waals surface area contributed by atoms with Gasteiger partial charge in [-0.25, -0.2) is 0 Å². The van der Waals surface area contributed by atoms with E-state index < -0.39 is 0 Å². The summed E-state index contributed by atoms with van der Waals surface area (Å²) in [5.74, 6) is 0.534. The molecule has 2 amide bonds. The molecule has 4 rings (SSSR count). The topological polar surface area (TPSA) is 74.4 Å². The molecular weight excluding hydrogens is 378 g/mol. The fourth-order valence-corrected chi connectivity index (χ4v) is 4.47. The molecule has 0 aliphatic carbocycles. The maximum absolute atomic E-state index is 13.1. The third-order valence-corrected chi connectivity index (χ3v) is 6.14. The highest BCUT2D eigenvalue weighted by Crippen LogP contribution is 2.41. The molecule has 6 nitrogen and oxygen atoms in total. The summed E-state index contributed by atoms with van der Waals surface area (Å²) >= 11 is 0. The minimum Gasteiger partial charge on any atom is -0.496 e. The van der Waals surface area contributed by atoms with Crippen LogP contribution in [0.2, 0.25) is 0 Å². The first-order valence-electron chi connectivity index (χ1n) is 10.2. The second-order valence-corrected chi connectivity index (χ2v) is 7.82. The number of rotatable bonds is 4. The zero-order valence-corrected chi connectivity index (χ0v) is 17.8. The maximum Gasteiger partial charge on any atom is 0.242 e. The lowest BCUT2D eigenvalue weighted by molar-refractivity contribution is -0.134. The summed E-state index contributed by atoms with van der Waals surface area (Å²) in [4.78, 5) is 29.9. The zero-order valence-electron chi connectivity index (χ0n) is 17.8. The Morgan fingerprint density at radius 3 is 2.67 bits per heavy atom. The number of methoxy groups -OCH3 is 1. The van der Waals surface area contributed by atoms with Gasteiger partial charge in [0.2, 0.25) is 11.8 Å². The molecule has 6 heteroatoms. The van der Waals surface area contributed by atoms with Gasteiger partial charge >= 0.3 is 0 Å². The molecule has 0 bridgehead atoms. The Morgan fingerprint density at radius 2 is 1.93 bits per heavy atom. The van der Waals surface area contributed by atoms with Crippen molar-refractivity contribution in [2.75, 3.05) is 20.2 Å². The van der Waals surface area contributed by atoms with E-state index in [4.69, 9.17) is 4.74 Å². The number of carbonyl (C=O) groups excluding carboxylic acids is 2. The molecule has 1 aliphatic rings. The van der Waals surface area contributed by atoms with Crippen molar-refractivity contribution >= 4 is 22.7 Å². The minimum atomic E-state index is -0.244. The van der Waals surface area contributed by atoms with Crippen molar-refractivity contribution in [2.45, 2.75) is 33.2 Å². The predicted octanol–water partition coefficient (Wildman–Crippen LogP) is 3.40. The van der Waals surface area contributed by atoms with Gasteiger partial charge in [0, 0.05) is 30.1 Å². The van der Waals surface area contributed by atoms with Crippen molar-refractivity contribution in [1.29, 1.82) is 0 Å². The number of aromatic amines is 1. The van der Waals surface area contributed by atoms with E-state index in [2.05, 4.69) is 29.4 Å². The molecule has 0 fully saturated rings. The first-order chi connectivity index (χ1) is 14.4. The van der Waals surface area contributed by atoms with Gasteiger partial charge in [0.1, 0.15) is 5.75 Å². The van der Waals surface area contributed by atoms with Crippen LogP contribution < -0.4 is 10.1 Å². The highest BCUT2D eigenvalue weighted by atomic mass is 16.5. The summed E-state index contributed by atoms with van der Waals surface area (Å²) < 4.78 is 5.49. The fraction of sp³-hybridized carbons (Fsp3) is 0.333. The number of fused-ring (bicyclic) bond motifs is 3. The zero-order chi connectivity index (χ0) is 21.4. The summed E-state index contributed by atoms with van der Waals surface area (Å²) in [6.45, 7) is 6.13. The van der Waals surface area contributed by atoms with Crippen molar-refractivity contribution < 1.29 is 14.3 Å². The van der Waals surface area contributed by atoms with Crippen LogP contribution in [0.1, 0.15) is 40.9 Å². The second-order valence-electron chi connectivity index (χ2n) is 7.82. The number of nitrogens with zero attached hydrogens (tertiary/aromatic N) is 1. The van der Waals surface area contributed by atoms with Gasteiger partial charge in [-0.2, -0.15) is 0 Å². The van der Waals surface area contributed by atoms with Crippen LogP contribution in [0.3, 0.4) is 0 Å². The molecule has 1 aliphatic heterocycles. The molecule has 0 spiro atoms. The SMILES string of the molecule is COc1ccc(C2c3[nH]c4ccccc4c3CCN2C(=O)CNC(C)=O)c(C)c1C. The van der Waals surface area contributed by atoms with Crippen molar-refractivity contribution in [2.24, 2.45) is 0 Å². The molecule has 0 saturated heterocycles. The monoisotopic (exact) mass is 405 g/mol. The molecule has 0 radical (unpaired) electrons. The van der Waals surface area contributed by atoms with Gasteiger partial charge in [0.25, 0.3) is 0 Å². The highest BCUT2D eigenvalue weighted by molar-refractivity contribution is 5.88. The van der Waals surface area contributed by atoms with E-state index >= 15 is 0 Å². The van der Waals surface area contributed by atoms with Gasteiger partial charge in [-0.1, -0.05) is 24.3 Å². The Hall–Kier alpha value is -3.28. The number of carbonyl (C=O) groups is 2. The number of ether oxygens (including phenoxy) is 1. The van der Waals surface area contributed by atoms with E-state index in [0.717, 1.165) is 40.1 Å². The van der Waals surface area contributed by atoms with Gasteiger partial charge in [-0.15, -0.1) is 0 Å². The highest BCUT2D eigenvalue weighted by Gasteiger charge is 2.35. The lowest BCUT2D eigenvalue weighted by Crippen LogP contribution is -2.45. The Kier molecular flexibility index (Phi) is 5.24. The molecule has 2 aromatic carbocycles. The first-order valence-corrected chi connectivity index (χ1v) is 10.2. The van der Waals surface area contributed by atoms with Gasteiger partial charge < -0.3 is 19.9 Å². The van der Waals surface area contributed by atoms with Crippen LogP contribution in [0.4, 0.5) is 0 Å². The Labute approximate surface area is 176 Å². The number of para-hydroxylation sites is 1. The number of aromatic nitrogens is 1. The van der Waals surface area contributed by atoms with E-state index in [0.29, 0.717) is 6.54 Å². The number of H-pyrrole nitrogens is 1. The van der Waals surface area contributed by atoms with Gasteiger partial charge in [0.15, 0.2) is 0 Å². The van der Waals surface area contributed by atoms with Crippen molar-refractivity contribution in [3.05, 3.63) is 64.3 Å². The number of benzene rings is 2. The lowest BCUT2D eigenvalue weighted by Gasteiger charge is -2.37. The smallest absolute Gasteiger partial charge is 0.242 e. The van der Waals surface area contributed by atoms with E-state index in [1.807, 2.05) is 36.1 Å². The maximum atomic E-state index is 13.1. The molecular formula is C24H27N3O3. The normalized spacial score (nSPS) is 15.7. The molecule has 1 aromatic heterocycles. The Balaban J connectivity index is 1.86. The summed E-state index contributed by atoms with van der Waals surface area (Å²) in [6, 6.07) is 12.0. The van der Waals surface area contributed by atoms with Crippen LogP contribution in [0.15, 0.2) is 36.4 Å². The van der Waals surface area contributed by atoms with Crippen molar-refractivity contribution in [1.82, 2.24) is 15.2 Å². The quantitative estimate of drug-likeness (QED) is 0.699. The number of nitrogens with one attached hydrogen (secondary N) is 2. The molecule has 0 saturated carbocycles. The predicted molar refractivity (Wildman–Crippen MR) is 117 cm³/mol. The summed E-state index contributed by atoms with van der Waals surface area (Å²) in [5, 5.41) is 3.85. The number of hydrogen-bond donors (Lipinski definition) is 2. The van der Waals surface area contributed by atoms with Gasteiger partial charge in [-0.05, 0) is 54.7 Å². The van der Waals surface area contributed by atoms with Crippen molar-refractivity contribution in [3.63, 3.8) is 0 Å². The van der Waals surface area contributed by atoms with Gasteiger partial charge in [0.05, 0.1) is 19.7 Å². The number of hydrogen-bond acceptors (Lipinski definition) is 3. The average molecular weight is 405 g/mol. The van der Waals surface area contributed by atoms with E-state index in [9.17, 15) is 9.59 Å². The molecule has 156 valence electrons. The fourth-order valence-electron chi connectivity index (χ4n) is 4.47. The summed E-state index contributed by atoms with van der Waals surface area (Å²) in [7, 11) is 1.67. The Bertz CT molecular complexity index is 1130. The second kappa shape index (κ2) is 7.86. The standard InChI is InChI=1S/C24H27N3O3/c1-14-15(2)21(30-4)10-9-17(14)24-23-19(18-7-5-6-8-20(18)26-23)11-12-27(24)22(29)13-25-16(3)28/h5-10,24,26H,11-13H2,1-4H3,(H,25,28). The third-order valence-electron chi connectivity index (χ3n) is 6.14. The average Bonchev–Trinajstić information content (AvgIpc) is 3.12. The van der Waals surface area contributed by atoms with Crippen LogP contribution in [-0.2, 0) is 16.0 Å². The van der Waals surface area contributed by atoms with Crippen LogP contribution in [-0.4, -0.2) is 41.9 Å². The van der Waals surface area contributed by atoms with Crippen LogP contribution in [0, 0.1) is 13.8 Å². The van der Waals surface area contributed by atoms with Crippen LogP contribution >= 0.6 is 0 Å².